The Bertz CT molecular complexity index is 1340. The normalized spacial score (nSPS) is 17.5. The van der Waals surface area contributed by atoms with Crippen LogP contribution in [-0.4, -0.2) is 22.3 Å². The fourth-order valence-corrected chi connectivity index (χ4v) is 3.76. The van der Waals surface area contributed by atoms with E-state index >= 15 is 0 Å². The number of hydrogen-bond acceptors (Lipinski definition) is 7. The molecule has 1 aliphatic heterocycles. The number of benzene rings is 2. The summed E-state index contributed by atoms with van der Waals surface area (Å²) >= 11 is 0. The maximum Gasteiger partial charge on any atom is 0.344 e. The number of phenolic OH excluding ortho intramolecular Hbond substituents is 1. The van der Waals surface area contributed by atoms with Crippen molar-refractivity contribution in [2.45, 2.75) is 18.9 Å². The van der Waals surface area contributed by atoms with E-state index in [4.69, 9.17) is 13.7 Å². The Morgan fingerprint density at radius 3 is 2.73 bits per heavy atom. The van der Waals surface area contributed by atoms with Gasteiger partial charge in [-0.3, -0.25) is 4.79 Å². The largest absolute Gasteiger partial charge is 0.508 e. The van der Waals surface area contributed by atoms with Crippen molar-refractivity contribution in [1.29, 1.82) is 0 Å². The minimum atomic E-state index is -1.08. The molecule has 2 aromatic carbocycles. The molecule has 0 saturated heterocycles. The van der Waals surface area contributed by atoms with Gasteiger partial charge in [-0.1, -0.05) is 29.4 Å². The Hall–Kier alpha value is -4.07. The lowest BCUT2D eigenvalue weighted by Gasteiger charge is -2.18. The van der Waals surface area contributed by atoms with Crippen molar-refractivity contribution < 1.29 is 23.6 Å². The van der Waals surface area contributed by atoms with Gasteiger partial charge in [-0.25, -0.2) is 4.79 Å². The summed E-state index contributed by atoms with van der Waals surface area (Å²) in [7, 11) is 0. The van der Waals surface area contributed by atoms with Gasteiger partial charge in [0.2, 0.25) is 0 Å². The molecule has 0 bridgehead atoms. The summed E-state index contributed by atoms with van der Waals surface area (Å²) in [6.45, 7) is 1.71. The van der Waals surface area contributed by atoms with Gasteiger partial charge >= 0.3 is 5.63 Å². The molecule has 1 aliphatic rings. The molecule has 30 heavy (non-hydrogen) atoms. The van der Waals surface area contributed by atoms with Crippen LogP contribution in [0.15, 0.2) is 68.3 Å². The lowest BCUT2D eigenvalue weighted by atomic mass is 9.88. The smallest absolute Gasteiger partial charge is 0.344 e. The first kappa shape index (κ1) is 18.0. The second kappa shape index (κ2) is 6.77. The van der Waals surface area contributed by atoms with Gasteiger partial charge in [-0.15, -0.1) is 0 Å². The number of para-hydroxylation sites is 1. The first-order valence-corrected chi connectivity index (χ1v) is 9.27. The number of nitrogens with zero attached hydrogens (tertiary/aromatic N) is 1. The zero-order valence-electron chi connectivity index (χ0n) is 15.8. The molecular weight excluding hydrogens is 388 g/mol. The van der Waals surface area contributed by atoms with Crippen LogP contribution in [0.4, 0.5) is 5.82 Å². The molecule has 150 valence electrons. The number of fused-ring (bicyclic) bond motifs is 3. The molecule has 0 unspecified atom stereocenters. The van der Waals surface area contributed by atoms with Gasteiger partial charge in [0.25, 0.3) is 5.91 Å². The number of carbonyl (C=O) groups excluding carboxylic acids is 1. The Balaban J connectivity index is 1.66. The minimum absolute atomic E-state index is 0.0115. The number of amides is 1. The second-order valence-electron chi connectivity index (χ2n) is 7.05. The highest BCUT2D eigenvalue weighted by Gasteiger charge is 2.44. The van der Waals surface area contributed by atoms with Crippen molar-refractivity contribution in [3.8, 4) is 11.5 Å². The van der Waals surface area contributed by atoms with Gasteiger partial charge in [-0.05, 0) is 36.8 Å². The standard InChI is InChI=1S/C22H16N2O6/c1-11-9-16(24-30-11)23-21(26)20-17(12-5-4-6-13(25)10-12)18-19(29-20)14-7-2-3-8-15(14)28-22(18)27/h2-10,17,20,25H,1H3,(H,23,24,26)/t17-,20+/m0/s1. The third kappa shape index (κ3) is 2.89. The maximum atomic E-state index is 13.1. The molecule has 1 amide bonds. The summed E-state index contributed by atoms with van der Waals surface area (Å²) in [5, 5.41) is 17.0. The summed E-state index contributed by atoms with van der Waals surface area (Å²) in [6.07, 6.45) is -1.08. The summed E-state index contributed by atoms with van der Waals surface area (Å²) < 4.78 is 16.5. The van der Waals surface area contributed by atoms with Crippen molar-refractivity contribution in [2.75, 3.05) is 5.32 Å². The molecule has 2 aromatic heterocycles. The number of carbonyl (C=O) groups is 1. The average molecular weight is 404 g/mol. The van der Waals surface area contributed by atoms with Gasteiger partial charge in [0, 0.05) is 6.07 Å². The van der Waals surface area contributed by atoms with E-state index in [0.717, 1.165) is 0 Å². The van der Waals surface area contributed by atoms with Gasteiger partial charge in [0.05, 0.1) is 16.9 Å². The highest BCUT2D eigenvalue weighted by Crippen LogP contribution is 2.44. The topological polar surface area (TPSA) is 115 Å². The Morgan fingerprint density at radius 1 is 1.13 bits per heavy atom. The molecular formula is C22H16N2O6. The highest BCUT2D eigenvalue weighted by molar-refractivity contribution is 5.97. The second-order valence-corrected chi connectivity index (χ2v) is 7.05. The van der Waals surface area contributed by atoms with Gasteiger partial charge in [0.15, 0.2) is 11.9 Å². The third-order valence-corrected chi connectivity index (χ3v) is 5.02. The number of phenols is 1. The number of aromatic nitrogens is 1. The number of ether oxygens (including phenoxy) is 1. The Kier molecular flexibility index (Phi) is 4.06. The van der Waals surface area contributed by atoms with Gasteiger partial charge in [0.1, 0.15) is 22.8 Å². The minimum Gasteiger partial charge on any atom is -0.508 e. The molecule has 3 heterocycles. The molecule has 2 atom stereocenters. The fraction of sp³-hybridized carbons (Fsp3) is 0.136. The molecule has 0 aliphatic carbocycles. The number of aryl methyl sites for hydroxylation is 1. The molecule has 4 aromatic rings. The molecule has 0 fully saturated rings. The van der Waals surface area contributed by atoms with Crippen LogP contribution >= 0.6 is 0 Å². The zero-order chi connectivity index (χ0) is 20.8. The number of aromatic hydroxyl groups is 1. The van der Waals surface area contributed by atoms with Crippen molar-refractivity contribution in [2.24, 2.45) is 0 Å². The maximum absolute atomic E-state index is 13.1. The van der Waals surface area contributed by atoms with Crippen LogP contribution in [0, 0.1) is 6.92 Å². The molecule has 2 N–H and O–H groups in total. The van der Waals surface area contributed by atoms with Gasteiger partial charge < -0.3 is 24.1 Å². The van der Waals surface area contributed by atoms with E-state index in [2.05, 4.69) is 10.5 Å². The van der Waals surface area contributed by atoms with Crippen LogP contribution in [0.3, 0.4) is 0 Å². The van der Waals surface area contributed by atoms with Crippen molar-refractivity contribution >= 4 is 22.7 Å². The van der Waals surface area contributed by atoms with Gasteiger partial charge in [-0.2, -0.15) is 0 Å². The number of nitrogens with one attached hydrogen (secondary N) is 1. The molecule has 8 nitrogen and oxygen atoms in total. The number of hydrogen-bond donors (Lipinski definition) is 2. The van der Waals surface area contributed by atoms with E-state index in [9.17, 15) is 14.7 Å². The first-order chi connectivity index (χ1) is 14.5. The van der Waals surface area contributed by atoms with E-state index in [1.807, 2.05) is 0 Å². The van der Waals surface area contributed by atoms with E-state index in [-0.39, 0.29) is 17.1 Å². The average Bonchev–Trinajstić information content (AvgIpc) is 3.32. The quantitative estimate of drug-likeness (QED) is 0.503. The van der Waals surface area contributed by atoms with Crippen LogP contribution < -0.4 is 15.7 Å². The van der Waals surface area contributed by atoms with E-state index in [1.54, 1.807) is 49.4 Å². The van der Waals surface area contributed by atoms with Crippen molar-refractivity contribution in [3.05, 3.63) is 81.9 Å². The first-order valence-electron chi connectivity index (χ1n) is 9.27. The Labute approximate surface area is 169 Å². The molecule has 8 heteroatoms. The summed E-state index contributed by atoms with van der Waals surface area (Å²) in [4.78, 5) is 26.0. The zero-order valence-corrected chi connectivity index (χ0v) is 15.8. The van der Waals surface area contributed by atoms with Crippen LogP contribution in [0.2, 0.25) is 0 Å². The summed E-state index contributed by atoms with van der Waals surface area (Å²) in [6, 6.07) is 14.9. The number of rotatable bonds is 3. The predicted molar refractivity (Wildman–Crippen MR) is 107 cm³/mol. The molecule has 0 radical (unpaired) electrons. The molecule has 0 saturated carbocycles. The van der Waals surface area contributed by atoms with Crippen LogP contribution in [0.1, 0.15) is 22.8 Å². The monoisotopic (exact) mass is 404 g/mol. The van der Waals surface area contributed by atoms with E-state index < -0.39 is 23.6 Å². The van der Waals surface area contributed by atoms with E-state index in [0.29, 0.717) is 28.0 Å². The SMILES string of the molecule is Cc1cc(NC(=O)[C@@H]2Oc3c(c(=O)oc4ccccc34)[C@@H]2c2cccc(O)c2)no1. The van der Waals surface area contributed by atoms with Crippen LogP contribution in [0.5, 0.6) is 11.5 Å². The highest BCUT2D eigenvalue weighted by atomic mass is 16.5. The third-order valence-electron chi connectivity index (χ3n) is 5.02. The Morgan fingerprint density at radius 2 is 1.97 bits per heavy atom. The fourth-order valence-electron chi connectivity index (χ4n) is 3.76. The van der Waals surface area contributed by atoms with Crippen LogP contribution in [-0.2, 0) is 4.79 Å². The predicted octanol–water partition coefficient (Wildman–Crippen LogP) is 3.33. The lowest BCUT2D eigenvalue weighted by Crippen LogP contribution is -2.35. The molecule has 0 spiro atoms. The lowest BCUT2D eigenvalue weighted by molar-refractivity contribution is -0.122. The number of anilines is 1. The summed E-state index contributed by atoms with van der Waals surface area (Å²) in [5.74, 6) is -0.193. The van der Waals surface area contributed by atoms with Crippen LogP contribution in [0.25, 0.3) is 11.0 Å². The van der Waals surface area contributed by atoms with Crippen molar-refractivity contribution in [3.63, 3.8) is 0 Å². The van der Waals surface area contributed by atoms with E-state index in [1.165, 1.54) is 12.1 Å². The summed E-state index contributed by atoms with van der Waals surface area (Å²) in [5.41, 5.74) is 0.553. The molecule has 5 rings (SSSR count). The van der Waals surface area contributed by atoms with Crippen molar-refractivity contribution in [1.82, 2.24) is 5.16 Å².